The van der Waals surface area contributed by atoms with Gasteiger partial charge in [0.05, 0.1) is 7.11 Å². The summed E-state index contributed by atoms with van der Waals surface area (Å²) in [5.74, 6) is 0.713. The first-order valence-electron chi connectivity index (χ1n) is 8.66. The maximum atomic E-state index is 12.8. The lowest BCUT2D eigenvalue weighted by atomic mass is 10.2. The minimum atomic E-state index is -3.69. The number of rotatable bonds is 6. The molecule has 3 heterocycles. The van der Waals surface area contributed by atoms with Crippen LogP contribution in [0.1, 0.15) is 12.5 Å². The van der Waals surface area contributed by atoms with Crippen LogP contribution in [-0.2, 0) is 16.4 Å². The van der Waals surface area contributed by atoms with E-state index < -0.39 is 15.4 Å². The Kier molecular flexibility index (Phi) is 5.80. The number of thioether (sulfide) groups is 1. The van der Waals surface area contributed by atoms with Crippen molar-refractivity contribution in [2.75, 3.05) is 24.9 Å². The minimum Gasteiger partial charge on any atom is -0.481 e. The van der Waals surface area contributed by atoms with Gasteiger partial charge in [-0.2, -0.15) is 4.98 Å². The molecule has 0 amide bonds. The Balaban J connectivity index is 2.18. The van der Waals surface area contributed by atoms with Crippen LogP contribution in [0.2, 0.25) is 0 Å². The van der Waals surface area contributed by atoms with E-state index >= 15 is 0 Å². The molecule has 0 fully saturated rings. The summed E-state index contributed by atoms with van der Waals surface area (Å²) >= 11 is 1.47. The number of aryl methyl sites for hydroxylation is 2. The van der Waals surface area contributed by atoms with E-state index in [-0.39, 0.29) is 17.4 Å². The Morgan fingerprint density at radius 3 is 2.59 bits per heavy atom. The van der Waals surface area contributed by atoms with Crippen molar-refractivity contribution in [3.05, 3.63) is 34.2 Å². The molecule has 0 aromatic carbocycles. The number of methoxy groups -OCH3 is 1. The monoisotopic (exact) mass is 435 g/mol. The SMILES string of the molecule is CCn1c(=O)c(S(C)(=O)=O)c(C)c2cnc(Nc3cc(OC)nc(SC)c3)nc21. The summed E-state index contributed by atoms with van der Waals surface area (Å²) in [6, 6.07) is 3.53. The number of ether oxygens (including phenoxy) is 1. The molecule has 0 aliphatic carbocycles. The molecule has 0 saturated heterocycles. The normalized spacial score (nSPS) is 11.6. The van der Waals surface area contributed by atoms with E-state index in [1.807, 2.05) is 12.3 Å². The van der Waals surface area contributed by atoms with Gasteiger partial charge in [-0.3, -0.25) is 9.36 Å². The summed E-state index contributed by atoms with van der Waals surface area (Å²) in [4.78, 5) is 25.7. The fraction of sp³-hybridized carbons (Fsp3) is 0.333. The highest BCUT2D eigenvalue weighted by Gasteiger charge is 2.22. The zero-order valence-corrected chi connectivity index (χ0v) is 18.3. The molecule has 0 spiro atoms. The molecule has 29 heavy (non-hydrogen) atoms. The molecule has 0 aliphatic rings. The molecule has 0 bridgehead atoms. The van der Waals surface area contributed by atoms with Crippen LogP contribution >= 0.6 is 11.8 Å². The van der Waals surface area contributed by atoms with E-state index in [9.17, 15) is 13.2 Å². The predicted molar refractivity (Wildman–Crippen MR) is 113 cm³/mol. The standard InChI is InChI=1S/C18H21N5O4S2/c1-6-23-16-12(10(2)15(17(23)24)29(5,25)26)9-19-18(22-16)20-11-7-13(27-3)21-14(8-11)28-4/h7-9H,6H2,1-5H3,(H,19,20,21,22). The number of nitrogens with one attached hydrogen (secondary N) is 1. The van der Waals surface area contributed by atoms with E-state index in [4.69, 9.17) is 4.74 Å². The Bertz CT molecular complexity index is 1230. The first kappa shape index (κ1) is 21.1. The first-order chi connectivity index (χ1) is 13.7. The third-order valence-electron chi connectivity index (χ3n) is 4.35. The zero-order valence-electron chi connectivity index (χ0n) is 16.7. The lowest BCUT2D eigenvalue weighted by Gasteiger charge is -2.14. The smallest absolute Gasteiger partial charge is 0.271 e. The van der Waals surface area contributed by atoms with Crippen LogP contribution in [0.3, 0.4) is 0 Å². The summed E-state index contributed by atoms with van der Waals surface area (Å²) in [5, 5.41) is 4.36. The molecule has 0 unspecified atom stereocenters. The second-order valence-electron chi connectivity index (χ2n) is 6.27. The first-order valence-corrected chi connectivity index (χ1v) is 11.8. The number of hydrogen-bond donors (Lipinski definition) is 1. The van der Waals surface area contributed by atoms with Gasteiger partial charge in [0.2, 0.25) is 11.8 Å². The van der Waals surface area contributed by atoms with Crippen molar-refractivity contribution < 1.29 is 13.2 Å². The van der Waals surface area contributed by atoms with E-state index in [0.717, 1.165) is 11.3 Å². The summed E-state index contributed by atoms with van der Waals surface area (Å²) in [7, 11) is -2.16. The summed E-state index contributed by atoms with van der Waals surface area (Å²) < 4.78 is 30.8. The highest BCUT2D eigenvalue weighted by atomic mass is 32.2. The fourth-order valence-electron chi connectivity index (χ4n) is 3.03. The van der Waals surface area contributed by atoms with Crippen LogP contribution in [0.4, 0.5) is 11.6 Å². The molecule has 154 valence electrons. The number of pyridine rings is 2. The van der Waals surface area contributed by atoms with Gasteiger partial charge in [0.15, 0.2) is 9.84 Å². The van der Waals surface area contributed by atoms with Gasteiger partial charge >= 0.3 is 0 Å². The maximum absolute atomic E-state index is 12.8. The molecule has 3 aromatic heterocycles. The van der Waals surface area contributed by atoms with Gasteiger partial charge in [-0.05, 0) is 31.7 Å². The van der Waals surface area contributed by atoms with Crippen LogP contribution in [-0.4, -0.2) is 47.6 Å². The summed E-state index contributed by atoms with van der Waals surface area (Å²) in [6.07, 6.45) is 4.45. The molecule has 1 N–H and O–H groups in total. The van der Waals surface area contributed by atoms with Crippen LogP contribution in [0.15, 0.2) is 33.0 Å². The Morgan fingerprint density at radius 1 is 1.28 bits per heavy atom. The molecule has 9 nitrogen and oxygen atoms in total. The lowest BCUT2D eigenvalue weighted by molar-refractivity contribution is 0.395. The van der Waals surface area contributed by atoms with Gasteiger partial charge in [0, 0.05) is 36.1 Å². The molecule has 0 saturated carbocycles. The van der Waals surface area contributed by atoms with Crippen molar-refractivity contribution in [1.29, 1.82) is 0 Å². The number of nitrogens with zero attached hydrogens (tertiary/aromatic N) is 4. The quantitative estimate of drug-likeness (QED) is 0.583. The average Bonchev–Trinajstić information content (AvgIpc) is 2.66. The number of aromatic nitrogens is 4. The fourth-order valence-corrected chi connectivity index (χ4v) is 4.55. The summed E-state index contributed by atoms with van der Waals surface area (Å²) in [6.45, 7) is 3.62. The minimum absolute atomic E-state index is 0.223. The average molecular weight is 436 g/mol. The Morgan fingerprint density at radius 2 is 2.00 bits per heavy atom. The van der Waals surface area contributed by atoms with Crippen LogP contribution in [0.5, 0.6) is 5.88 Å². The van der Waals surface area contributed by atoms with E-state index in [0.29, 0.717) is 28.2 Å². The Labute approximate surface area is 172 Å². The molecular weight excluding hydrogens is 414 g/mol. The van der Waals surface area contributed by atoms with Crippen LogP contribution in [0, 0.1) is 6.92 Å². The lowest BCUT2D eigenvalue weighted by Crippen LogP contribution is -2.27. The Hall–Kier alpha value is -2.66. The van der Waals surface area contributed by atoms with E-state index in [1.54, 1.807) is 19.9 Å². The van der Waals surface area contributed by atoms with Crippen LogP contribution < -0.4 is 15.6 Å². The molecule has 11 heteroatoms. The predicted octanol–water partition coefficient (Wildman–Crippen LogP) is 2.39. The molecule has 3 aromatic rings. The number of fused-ring (bicyclic) bond motifs is 1. The number of sulfone groups is 1. The highest BCUT2D eigenvalue weighted by molar-refractivity contribution is 7.98. The van der Waals surface area contributed by atoms with Crippen molar-refractivity contribution in [3.8, 4) is 5.88 Å². The molecule has 0 atom stereocenters. The molecule has 0 radical (unpaired) electrons. The summed E-state index contributed by atoms with van der Waals surface area (Å²) in [5.41, 5.74) is 0.806. The third-order valence-corrected chi connectivity index (χ3v) is 6.20. The largest absolute Gasteiger partial charge is 0.481 e. The second-order valence-corrected chi connectivity index (χ2v) is 9.05. The third kappa shape index (κ3) is 4.06. The second kappa shape index (κ2) is 7.99. The van der Waals surface area contributed by atoms with Gasteiger partial charge in [-0.25, -0.2) is 18.4 Å². The topological polar surface area (TPSA) is 116 Å². The van der Waals surface area contributed by atoms with Crippen molar-refractivity contribution in [2.24, 2.45) is 0 Å². The zero-order chi connectivity index (χ0) is 21.3. The van der Waals surface area contributed by atoms with Gasteiger partial charge in [-0.1, -0.05) is 0 Å². The number of anilines is 2. The highest BCUT2D eigenvalue weighted by Crippen LogP contribution is 2.26. The molecule has 3 rings (SSSR count). The van der Waals surface area contributed by atoms with Crippen molar-refractivity contribution in [2.45, 2.75) is 30.3 Å². The van der Waals surface area contributed by atoms with E-state index in [2.05, 4.69) is 20.3 Å². The van der Waals surface area contributed by atoms with Crippen LogP contribution in [0.25, 0.3) is 11.0 Å². The molecular formula is C18H21N5O4S2. The van der Waals surface area contributed by atoms with Crippen molar-refractivity contribution >= 4 is 44.3 Å². The number of hydrogen-bond acceptors (Lipinski definition) is 9. The van der Waals surface area contributed by atoms with Gasteiger partial charge in [0.25, 0.3) is 5.56 Å². The molecule has 0 aliphatic heterocycles. The van der Waals surface area contributed by atoms with Crippen molar-refractivity contribution in [3.63, 3.8) is 0 Å². The van der Waals surface area contributed by atoms with E-state index in [1.165, 1.54) is 29.6 Å². The maximum Gasteiger partial charge on any atom is 0.271 e. The van der Waals surface area contributed by atoms with Gasteiger partial charge in [-0.15, -0.1) is 11.8 Å². The van der Waals surface area contributed by atoms with Gasteiger partial charge < -0.3 is 10.1 Å². The van der Waals surface area contributed by atoms with Gasteiger partial charge in [0.1, 0.15) is 15.6 Å². The van der Waals surface area contributed by atoms with Crippen molar-refractivity contribution in [1.82, 2.24) is 19.5 Å².